The van der Waals surface area contributed by atoms with Gasteiger partial charge in [-0.15, -0.1) is 0 Å². The van der Waals surface area contributed by atoms with Crippen molar-refractivity contribution >= 4 is 23.0 Å². The van der Waals surface area contributed by atoms with E-state index in [-0.39, 0.29) is 6.10 Å². The van der Waals surface area contributed by atoms with E-state index in [1.54, 1.807) is 4.90 Å². The summed E-state index contributed by atoms with van der Waals surface area (Å²) in [7, 11) is 0. The molecule has 152 valence electrons. The Balaban J connectivity index is 1.38. The quantitative estimate of drug-likeness (QED) is 0.511. The van der Waals surface area contributed by atoms with Crippen LogP contribution in [0.15, 0.2) is 59.7 Å². The molecule has 7 heteroatoms. The molecule has 1 saturated heterocycles. The Morgan fingerprint density at radius 1 is 1.07 bits per heavy atom. The van der Waals surface area contributed by atoms with Crippen LogP contribution in [0.2, 0.25) is 0 Å². The minimum absolute atomic E-state index is 0.0573. The van der Waals surface area contributed by atoms with Gasteiger partial charge in [0.05, 0.1) is 32.0 Å². The number of quaternary nitrogens is 1. The van der Waals surface area contributed by atoms with Crippen molar-refractivity contribution in [3.8, 4) is 5.75 Å². The Morgan fingerprint density at radius 3 is 2.66 bits per heavy atom. The molecule has 29 heavy (non-hydrogen) atoms. The van der Waals surface area contributed by atoms with Crippen LogP contribution in [0.1, 0.15) is 23.7 Å². The SMILES string of the molecule is S=C(NCC[NH+]1CCOCC1)N/N=C1/C[C@@H](c2ccccc2)Oc2ccccc21. The van der Waals surface area contributed by atoms with Gasteiger partial charge in [-0.2, -0.15) is 5.10 Å². The molecule has 6 nitrogen and oxygen atoms in total. The monoisotopic (exact) mass is 411 g/mol. The minimum atomic E-state index is -0.0573. The van der Waals surface area contributed by atoms with Crippen LogP contribution in [0.5, 0.6) is 5.75 Å². The zero-order valence-electron chi connectivity index (χ0n) is 16.4. The number of fused-ring (bicyclic) bond motifs is 1. The average molecular weight is 412 g/mol. The first kappa shape index (κ1) is 19.8. The molecule has 4 rings (SSSR count). The van der Waals surface area contributed by atoms with Gasteiger partial charge in [0.2, 0.25) is 0 Å². The van der Waals surface area contributed by atoms with Crippen LogP contribution in [0.4, 0.5) is 0 Å². The Hall–Kier alpha value is -2.48. The lowest BCUT2D eigenvalue weighted by Gasteiger charge is -2.27. The zero-order valence-corrected chi connectivity index (χ0v) is 17.2. The smallest absolute Gasteiger partial charge is 0.187 e. The lowest BCUT2D eigenvalue weighted by atomic mass is 9.96. The Kier molecular flexibility index (Phi) is 6.71. The molecule has 0 unspecified atom stereocenters. The van der Waals surface area contributed by atoms with E-state index >= 15 is 0 Å². The van der Waals surface area contributed by atoms with Gasteiger partial charge >= 0.3 is 0 Å². The number of thiocarbonyl (C=S) groups is 1. The standard InChI is InChI=1S/C22H26N4O2S/c29-22(23-10-11-26-12-14-27-15-13-26)25-24-19-16-21(17-6-2-1-3-7-17)28-20-9-5-4-8-18(19)20/h1-9,21H,10-16H2,(H2,23,25,29)/p+1/b24-19-/t21-/m0/s1. The third-order valence-electron chi connectivity index (χ3n) is 5.27. The summed E-state index contributed by atoms with van der Waals surface area (Å²) < 4.78 is 11.6. The molecule has 0 bridgehead atoms. The average Bonchev–Trinajstić information content (AvgIpc) is 2.78. The van der Waals surface area contributed by atoms with Gasteiger partial charge in [0.25, 0.3) is 0 Å². The summed E-state index contributed by atoms with van der Waals surface area (Å²) in [6.07, 6.45) is 0.632. The molecule has 2 aliphatic rings. The van der Waals surface area contributed by atoms with E-state index in [2.05, 4.69) is 28.0 Å². The van der Waals surface area contributed by atoms with Crippen molar-refractivity contribution < 1.29 is 14.4 Å². The van der Waals surface area contributed by atoms with E-state index < -0.39 is 0 Å². The summed E-state index contributed by atoms with van der Waals surface area (Å²) >= 11 is 5.42. The third kappa shape index (κ3) is 5.32. The van der Waals surface area contributed by atoms with Crippen LogP contribution in [0.3, 0.4) is 0 Å². The lowest BCUT2D eigenvalue weighted by molar-refractivity contribution is -0.906. The molecule has 2 aromatic rings. The van der Waals surface area contributed by atoms with Crippen LogP contribution in [0, 0.1) is 0 Å². The van der Waals surface area contributed by atoms with Crippen LogP contribution in [0.25, 0.3) is 0 Å². The number of ether oxygens (including phenoxy) is 2. The normalized spacial score (nSPS) is 20.6. The van der Waals surface area contributed by atoms with E-state index in [9.17, 15) is 0 Å². The number of para-hydroxylation sites is 1. The zero-order chi connectivity index (χ0) is 19.9. The van der Waals surface area contributed by atoms with Crippen molar-refractivity contribution in [2.75, 3.05) is 39.4 Å². The largest absolute Gasteiger partial charge is 0.485 e. The first-order chi connectivity index (χ1) is 14.3. The molecule has 2 aromatic carbocycles. The maximum Gasteiger partial charge on any atom is 0.187 e. The number of hydrogen-bond donors (Lipinski definition) is 3. The summed E-state index contributed by atoms with van der Waals surface area (Å²) in [5, 5.41) is 8.43. The molecule has 1 atom stereocenters. The van der Waals surface area contributed by atoms with E-state index in [0.717, 1.165) is 62.0 Å². The Labute approximate surface area is 176 Å². The molecule has 0 amide bonds. The van der Waals surface area contributed by atoms with Crippen molar-refractivity contribution in [3.05, 3.63) is 65.7 Å². The second-order valence-electron chi connectivity index (χ2n) is 7.26. The molecule has 0 aromatic heterocycles. The number of hydrogen-bond acceptors (Lipinski definition) is 4. The molecule has 3 N–H and O–H groups in total. The van der Waals surface area contributed by atoms with Crippen LogP contribution in [-0.4, -0.2) is 50.2 Å². The summed E-state index contributed by atoms with van der Waals surface area (Å²) in [5.41, 5.74) is 6.12. The third-order valence-corrected chi connectivity index (χ3v) is 5.51. The molecule has 2 heterocycles. The van der Waals surface area contributed by atoms with Crippen LogP contribution in [-0.2, 0) is 4.74 Å². The number of rotatable bonds is 5. The number of benzene rings is 2. The Bertz CT molecular complexity index is 853. The highest BCUT2D eigenvalue weighted by Crippen LogP contribution is 2.34. The molecule has 1 fully saturated rings. The fourth-order valence-electron chi connectivity index (χ4n) is 3.67. The second kappa shape index (κ2) is 9.82. The maximum atomic E-state index is 6.22. The van der Waals surface area contributed by atoms with Gasteiger partial charge < -0.3 is 19.7 Å². The molecule has 0 aliphatic carbocycles. The van der Waals surface area contributed by atoms with E-state index in [1.807, 2.05) is 42.5 Å². The highest BCUT2D eigenvalue weighted by atomic mass is 32.1. The predicted molar refractivity (Wildman–Crippen MR) is 118 cm³/mol. The number of nitrogens with zero attached hydrogens (tertiary/aromatic N) is 1. The van der Waals surface area contributed by atoms with E-state index in [0.29, 0.717) is 11.5 Å². The molecule has 0 spiro atoms. The van der Waals surface area contributed by atoms with Gasteiger partial charge in [-0.25, -0.2) is 0 Å². The van der Waals surface area contributed by atoms with Crippen LogP contribution < -0.4 is 20.4 Å². The second-order valence-corrected chi connectivity index (χ2v) is 7.66. The summed E-state index contributed by atoms with van der Waals surface area (Å²) in [4.78, 5) is 1.54. The van der Waals surface area contributed by atoms with Crippen molar-refractivity contribution in [1.82, 2.24) is 10.7 Å². The van der Waals surface area contributed by atoms with Gasteiger partial charge in [0.1, 0.15) is 24.9 Å². The van der Waals surface area contributed by atoms with Gasteiger partial charge in [-0.05, 0) is 29.9 Å². The number of nitrogens with one attached hydrogen (secondary N) is 3. The lowest BCUT2D eigenvalue weighted by Crippen LogP contribution is -3.14. The first-order valence-corrected chi connectivity index (χ1v) is 10.5. The fraction of sp³-hybridized carbons (Fsp3) is 0.364. The summed E-state index contributed by atoms with van der Waals surface area (Å²) in [5.74, 6) is 0.850. The van der Waals surface area contributed by atoms with Gasteiger partial charge in [0, 0.05) is 12.0 Å². The summed E-state index contributed by atoms with van der Waals surface area (Å²) in [6, 6.07) is 18.3. The molecule has 2 aliphatic heterocycles. The number of morpholine rings is 1. The van der Waals surface area contributed by atoms with E-state index in [4.69, 9.17) is 21.7 Å². The molecular formula is C22H27N4O2S+. The Morgan fingerprint density at radius 2 is 1.83 bits per heavy atom. The van der Waals surface area contributed by atoms with Crippen molar-refractivity contribution in [3.63, 3.8) is 0 Å². The highest BCUT2D eigenvalue weighted by Gasteiger charge is 2.26. The summed E-state index contributed by atoms with van der Waals surface area (Å²) in [6.45, 7) is 5.64. The topological polar surface area (TPSA) is 59.3 Å². The highest BCUT2D eigenvalue weighted by molar-refractivity contribution is 7.80. The van der Waals surface area contributed by atoms with Gasteiger partial charge in [0.15, 0.2) is 5.11 Å². The maximum absolute atomic E-state index is 6.22. The number of hydrazone groups is 1. The van der Waals surface area contributed by atoms with Gasteiger partial charge in [-0.1, -0.05) is 42.5 Å². The minimum Gasteiger partial charge on any atom is -0.485 e. The van der Waals surface area contributed by atoms with Crippen molar-refractivity contribution in [2.45, 2.75) is 12.5 Å². The fourth-order valence-corrected chi connectivity index (χ4v) is 3.82. The first-order valence-electron chi connectivity index (χ1n) is 10.1. The van der Waals surface area contributed by atoms with Gasteiger partial charge in [-0.3, -0.25) is 5.43 Å². The predicted octanol–water partition coefficient (Wildman–Crippen LogP) is 1.29. The van der Waals surface area contributed by atoms with Crippen molar-refractivity contribution in [2.24, 2.45) is 5.10 Å². The van der Waals surface area contributed by atoms with E-state index in [1.165, 1.54) is 0 Å². The molecule has 0 radical (unpaired) electrons. The molecular weight excluding hydrogens is 384 g/mol. The van der Waals surface area contributed by atoms with Crippen molar-refractivity contribution in [1.29, 1.82) is 0 Å². The molecule has 0 saturated carbocycles. The van der Waals surface area contributed by atoms with Crippen LogP contribution >= 0.6 is 12.2 Å².